The maximum absolute atomic E-state index is 12.9. The highest BCUT2D eigenvalue weighted by Crippen LogP contribution is 2.12. The summed E-state index contributed by atoms with van der Waals surface area (Å²) in [5.74, 6) is -0.498. The molecule has 0 saturated heterocycles. The van der Waals surface area contributed by atoms with E-state index in [1.807, 2.05) is 0 Å². The molecule has 316 valence electrons. The van der Waals surface area contributed by atoms with Crippen LogP contribution in [-0.4, -0.2) is 73.9 Å². The summed E-state index contributed by atoms with van der Waals surface area (Å²) in [6, 6.07) is 0. The summed E-state index contributed by atoms with van der Waals surface area (Å²) >= 11 is 0. The minimum atomic E-state index is -0.223. The van der Waals surface area contributed by atoms with Gasteiger partial charge in [-0.15, -0.1) is 0 Å². The van der Waals surface area contributed by atoms with Gasteiger partial charge in [0.2, 0.25) is 5.91 Å². The van der Waals surface area contributed by atoms with E-state index in [0.717, 1.165) is 51.4 Å². The molecule has 0 heterocycles. The number of aliphatic hydroxyl groups is 1. The van der Waals surface area contributed by atoms with Crippen LogP contribution in [0.3, 0.4) is 0 Å². The zero-order valence-corrected chi connectivity index (χ0v) is 35.4. The normalized spacial score (nSPS) is 11.5. The topological polar surface area (TPSA) is 105 Å². The molecule has 0 rings (SSSR count). The van der Waals surface area contributed by atoms with E-state index < -0.39 is 0 Å². The van der Waals surface area contributed by atoms with Crippen LogP contribution in [0.4, 0.5) is 0 Å². The molecule has 0 aromatic rings. The maximum atomic E-state index is 12.9. The molecular formula is C46H86N2O6. The molecular weight excluding hydrogens is 677 g/mol. The summed E-state index contributed by atoms with van der Waals surface area (Å²) in [5.41, 5.74) is 0. The Morgan fingerprint density at radius 3 is 1.24 bits per heavy atom. The minimum absolute atomic E-state index is 0.0533. The third-order valence-corrected chi connectivity index (χ3v) is 9.92. The fourth-order valence-corrected chi connectivity index (χ4v) is 6.45. The van der Waals surface area contributed by atoms with Gasteiger partial charge >= 0.3 is 11.9 Å². The van der Waals surface area contributed by atoms with Gasteiger partial charge in [0, 0.05) is 25.8 Å². The third-order valence-electron chi connectivity index (χ3n) is 9.92. The summed E-state index contributed by atoms with van der Waals surface area (Å²) in [6.45, 7) is 6.56. The largest absolute Gasteiger partial charge is 0.464 e. The predicted octanol–water partition coefficient (Wildman–Crippen LogP) is 11.3. The van der Waals surface area contributed by atoms with Crippen LogP contribution in [0.5, 0.6) is 0 Å². The highest BCUT2D eigenvalue weighted by atomic mass is 16.5. The van der Waals surface area contributed by atoms with Gasteiger partial charge in [-0.1, -0.05) is 141 Å². The number of nitrogens with one attached hydrogen (secondary N) is 1. The number of carbonyl (C=O) groups excluding carboxylic acids is 3. The van der Waals surface area contributed by atoms with Gasteiger partial charge in [0.1, 0.15) is 13.2 Å². The van der Waals surface area contributed by atoms with Crippen molar-refractivity contribution >= 4 is 17.8 Å². The summed E-state index contributed by atoms with van der Waals surface area (Å²) in [7, 11) is 0. The molecule has 0 radical (unpaired) electrons. The number of nitrogens with zero attached hydrogens (tertiary/aromatic N) is 1. The van der Waals surface area contributed by atoms with Crippen molar-refractivity contribution in [2.24, 2.45) is 0 Å². The van der Waals surface area contributed by atoms with Crippen molar-refractivity contribution in [2.45, 2.75) is 206 Å². The average molecular weight is 763 g/mol. The van der Waals surface area contributed by atoms with Gasteiger partial charge in [-0.3, -0.25) is 14.4 Å². The lowest BCUT2D eigenvalue weighted by Crippen LogP contribution is -2.37. The van der Waals surface area contributed by atoms with Crippen LogP contribution in [0.2, 0.25) is 0 Å². The number of rotatable bonds is 42. The van der Waals surface area contributed by atoms with Crippen LogP contribution in [-0.2, 0) is 23.9 Å². The number of carbonyl (C=O) groups is 3. The van der Waals surface area contributed by atoms with Gasteiger partial charge in [0.15, 0.2) is 0 Å². The lowest BCUT2D eigenvalue weighted by atomic mass is 10.1. The number of hydrogen-bond donors (Lipinski definition) is 2. The van der Waals surface area contributed by atoms with Crippen molar-refractivity contribution in [3.63, 3.8) is 0 Å². The Morgan fingerprint density at radius 2 is 0.852 bits per heavy atom. The summed E-state index contributed by atoms with van der Waals surface area (Å²) < 4.78 is 10.9. The van der Waals surface area contributed by atoms with Crippen molar-refractivity contribution in [3.8, 4) is 0 Å². The molecule has 8 nitrogen and oxygen atoms in total. The Labute approximate surface area is 333 Å². The molecule has 0 saturated carbocycles. The Morgan fingerprint density at radius 1 is 0.481 bits per heavy atom. The van der Waals surface area contributed by atoms with Gasteiger partial charge in [-0.2, -0.15) is 0 Å². The summed E-state index contributed by atoms with van der Waals surface area (Å²) in [6.07, 6.45) is 42.7. The first kappa shape index (κ1) is 51.8. The second-order valence-electron chi connectivity index (χ2n) is 15.1. The number of aliphatic hydroxyl groups excluding tert-OH is 1. The molecule has 0 atom stereocenters. The van der Waals surface area contributed by atoms with Crippen LogP contribution in [0.1, 0.15) is 206 Å². The van der Waals surface area contributed by atoms with Gasteiger partial charge in [-0.25, -0.2) is 0 Å². The molecule has 0 spiro atoms. The van der Waals surface area contributed by atoms with Crippen molar-refractivity contribution < 1.29 is 29.0 Å². The second kappa shape index (κ2) is 43.5. The van der Waals surface area contributed by atoms with Gasteiger partial charge in [-0.05, 0) is 77.2 Å². The molecule has 0 aromatic carbocycles. The number of amides is 1. The van der Waals surface area contributed by atoms with Gasteiger partial charge in [0.05, 0.1) is 19.7 Å². The van der Waals surface area contributed by atoms with Crippen molar-refractivity contribution in [1.82, 2.24) is 10.2 Å². The van der Waals surface area contributed by atoms with Gasteiger partial charge < -0.3 is 24.8 Å². The molecule has 0 aliphatic heterocycles. The zero-order chi connectivity index (χ0) is 39.4. The number of esters is 2. The first-order valence-electron chi connectivity index (χ1n) is 22.8. The molecule has 0 aliphatic carbocycles. The lowest BCUT2D eigenvalue weighted by Gasteiger charge is -2.22. The standard InChI is InChI=1S/C46H86N2O6/c1-3-5-7-9-11-13-15-17-19-21-23-25-27-29-31-35-45(51)53-42-39-48(44(50)34-33-37-47-38-41-49)40-43-54-46(52)36-32-30-28-26-24-22-20-18-16-14-12-10-8-6-4-2/h17-20,47,49H,3-16,21-43H2,1-2H3/b19-17-,20-18-. The smallest absolute Gasteiger partial charge is 0.305 e. The molecule has 0 aromatic heterocycles. The predicted molar refractivity (Wildman–Crippen MR) is 227 cm³/mol. The van der Waals surface area contributed by atoms with E-state index in [1.165, 1.54) is 116 Å². The molecule has 0 bridgehead atoms. The van der Waals surface area contributed by atoms with Crippen molar-refractivity contribution in [2.75, 3.05) is 46.0 Å². The first-order chi connectivity index (χ1) is 26.5. The summed E-state index contributed by atoms with van der Waals surface area (Å²) in [5, 5.41) is 12.0. The fraction of sp³-hybridized carbons (Fsp3) is 0.848. The minimum Gasteiger partial charge on any atom is -0.464 e. The number of hydrogen-bond acceptors (Lipinski definition) is 7. The van der Waals surface area contributed by atoms with Gasteiger partial charge in [0.25, 0.3) is 0 Å². The molecule has 0 aliphatic rings. The van der Waals surface area contributed by atoms with Crippen LogP contribution in [0.15, 0.2) is 24.3 Å². The lowest BCUT2D eigenvalue weighted by molar-refractivity contribution is -0.147. The van der Waals surface area contributed by atoms with Crippen LogP contribution in [0, 0.1) is 0 Å². The van der Waals surface area contributed by atoms with E-state index in [4.69, 9.17) is 14.6 Å². The highest BCUT2D eigenvalue weighted by Gasteiger charge is 2.15. The Bertz CT molecular complexity index is 834. The highest BCUT2D eigenvalue weighted by molar-refractivity contribution is 5.76. The SMILES string of the molecule is CCCCCCCC/C=C\CCCCCCCC(=O)OCCN(CCOC(=O)CCCCCCC/C=C\CCCCCCCC)C(=O)CCCNCCO. The summed E-state index contributed by atoms with van der Waals surface area (Å²) in [4.78, 5) is 39.3. The van der Waals surface area contributed by atoms with Crippen LogP contribution < -0.4 is 5.32 Å². The molecule has 2 N–H and O–H groups in total. The van der Waals surface area contributed by atoms with E-state index in [0.29, 0.717) is 38.8 Å². The van der Waals surface area contributed by atoms with E-state index in [1.54, 1.807) is 4.90 Å². The van der Waals surface area contributed by atoms with E-state index >= 15 is 0 Å². The van der Waals surface area contributed by atoms with Crippen LogP contribution in [0.25, 0.3) is 0 Å². The molecule has 1 amide bonds. The Hall–Kier alpha value is -2.19. The maximum Gasteiger partial charge on any atom is 0.305 e. The number of ether oxygens (including phenoxy) is 2. The van der Waals surface area contributed by atoms with E-state index in [2.05, 4.69) is 43.5 Å². The average Bonchev–Trinajstić information content (AvgIpc) is 3.17. The van der Waals surface area contributed by atoms with Crippen molar-refractivity contribution in [1.29, 1.82) is 0 Å². The monoisotopic (exact) mass is 763 g/mol. The Kier molecular flexibility index (Phi) is 41.8. The molecule has 0 fully saturated rings. The Balaban J connectivity index is 4.10. The molecule has 54 heavy (non-hydrogen) atoms. The number of unbranched alkanes of at least 4 members (excludes halogenated alkanes) is 22. The van der Waals surface area contributed by atoms with Crippen molar-refractivity contribution in [3.05, 3.63) is 24.3 Å². The first-order valence-corrected chi connectivity index (χ1v) is 22.8. The zero-order valence-electron chi connectivity index (χ0n) is 35.4. The van der Waals surface area contributed by atoms with E-state index in [-0.39, 0.29) is 50.8 Å². The quantitative estimate of drug-likeness (QED) is 0.0362. The number of allylic oxidation sites excluding steroid dienone is 4. The van der Waals surface area contributed by atoms with Crippen LogP contribution >= 0.6 is 0 Å². The van der Waals surface area contributed by atoms with E-state index in [9.17, 15) is 14.4 Å². The fourth-order valence-electron chi connectivity index (χ4n) is 6.45. The molecule has 0 unspecified atom stereocenters. The second-order valence-corrected chi connectivity index (χ2v) is 15.1. The third kappa shape index (κ3) is 39.5. The molecule has 8 heteroatoms.